The maximum absolute atomic E-state index is 13.4. The molecule has 6 nitrogen and oxygen atoms in total. The minimum absolute atomic E-state index is 0.0289. The van der Waals surface area contributed by atoms with Crippen molar-refractivity contribution in [3.63, 3.8) is 0 Å². The van der Waals surface area contributed by atoms with Gasteiger partial charge in [-0.2, -0.15) is 0 Å². The Bertz CT molecular complexity index is 738. The number of methoxy groups -OCH3 is 2. The van der Waals surface area contributed by atoms with E-state index < -0.39 is 5.41 Å². The minimum Gasteiger partial charge on any atom is -0.493 e. The Balaban J connectivity index is 1.89. The van der Waals surface area contributed by atoms with Crippen LogP contribution in [-0.4, -0.2) is 32.1 Å². The van der Waals surface area contributed by atoms with E-state index in [4.69, 9.17) is 15.2 Å². The van der Waals surface area contributed by atoms with E-state index in [1.807, 2.05) is 30.4 Å². The highest BCUT2D eigenvalue weighted by molar-refractivity contribution is 5.90. The van der Waals surface area contributed by atoms with Crippen molar-refractivity contribution < 1.29 is 19.1 Å². The van der Waals surface area contributed by atoms with Gasteiger partial charge in [-0.15, -0.1) is 0 Å². The predicted molar refractivity (Wildman–Crippen MR) is 103 cm³/mol. The summed E-state index contributed by atoms with van der Waals surface area (Å²) in [4.78, 5) is 25.2. The first-order valence-electron chi connectivity index (χ1n) is 9.49. The first-order chi connectivity index (χ1) is 13.0. The molecule has 6 heteroatoms. The molecule has 2 amide bonds. The van der Waals surface area contributed by atoms with Gasteiger partial charge in [-0.25, -0.2) is 0 Å². The first kappa shape index (κ1) is 19.3. The molecule has 0 aromatic heterocycles. The number of nitrogens with two attached hydrogens (primary N) is 1. The van der Waals surface area contributed by atoms with Gasteiger partial charge in [-0.1, -0.05) is 31.1 Å². The lowest BCUT2D eigenvalue weighted by molar-refractivity contribution is -0.129. The SMILES string of the molecule is COc1ccc(C2(C(=O)N[C@@H]3CC=CC[C@H]3C(N)=O)CCCC2)cc1OC. The van der Waals surface area contributed by atoms with Crippen LogP contribution in [0.15, 0.2) is 30.4 Å². The summed E-state index contributed by atoms with van der Waals surface area (Å²) in [6, 6.07) is 5.43. The van der Waals surface area contributed by atoms with Gasteiger partial charge in [0.25, 0.3) is 0 Å². The Morgan fingerprint density at radius 3 is 2.37 bits per heavy atom. The summed E-state index contributed by atoms with van der Waals surface area (Å²) in [5.74, 6) is 0.503. The van der Waals surface area contributed by atoms with Crippen molar-refractivity contribution in [1.29, 1.82) is 0 Å². The highest BCUT2D eigenvalue weighted by Crippen LogP contribution is 2.44. The van der Waals surface area contributed by atoms with Gasteiger partial charge < -0.3 is 20.5 Å². The first-order valence-corrected chi connectivity index (χ1v) is 9.49. The normalized spacial score (nSPS) is 23.6. The van der Waals surface area contributed by atoms with E-state index in [2.05, 4.69) is 5.32 Å². The largest absolute Gasteiger partial charge is 0.493 e. The molecular formula is C21H28N2O4. The van der Waals surface area contributed by atoms with Crippen LogP contribution in [0.3, 0.4) is 0 Å². The molecule has 1 fully saturated rings. The zero-order chi connectivity index (χ0) is 19.4. The fraction of sp³-hybridized carbons (Fsp3) is 0.524. The number of rotatable bonds is 6. The van der Waals surface area contributed by atoms with E-state index in [9.17, 15) is 9.59 Å². The van der Waals surface area contributed by atoms with Crippen molar-refractivity contribution in [1.82, 2.24) is 5.32 Å². The smallest absolute Gasteiger partial charge is 0.230 e. The van der Waals surface area contributed by atoms with Crippen LogP contribution in [0.5, 0.6) is 11.5 Å². The van der Waals surface area contributed by atoms with Crippen molar-refractivity contribution in [3.8, 4) is 11.5 Å². The second-order valence-electron chi connectivity index (χ2n) is 7.39. The Hall–Kier alpha value is -2.50. The maximum Gasteiger partial charge on any atom is 0.230 e. The number of hydrogen-bond donors (Lipinski definition) is 2. The molecule has 0 heterocycles. The number of benzene rings is 1. The second kappa shape index (κ2) is 8.03. The monoisotopic (exact) mass is 372 g/mol. The van der Waals surface area contributed by atoms with Crippen molar-refractivity contribution in [2.24, 2.45) is 11.7 Å². The number of nitrogens with one attached hydrogen (secondary N) is 1. The van der Waals surface area contributed by atoms with Gasteiger partial charge in [-0.05, 0) is 43.4 Å². The highest BCUT2D eigenvalue weighted by Gasteiger charge is 2.44. The van der Waals surface area contributed by atoms with E-state index >= 15 is 0 Å². The van der Waals surface area contributed by atoms with E-state index in [0.29, 0.717) is 24.3 Å². The lowest BCUT2D eigenvalue weighted by Crippen LogP contribution is -2.52. The number of carbonyl (C=O) groups excluding carboxylic acids is 2. The van der Waals surface area contributed by atoms with Crippen LogP contribution in [0.2, 0.25) is 0 Å². The number of primary amides is 1. The van der Waals surface area contributed by atoms with Crippen LogP contribution in [-0.2, 0) is 15.0 Å². The molecule has 3 N–H and O–H groups in total. The Morgan fingerprint density at radius 2 is 1.74 bits per heavy atom. The van der Waals surface area contributed by atoms with Crippen LogP contribution < -0.4 is 20.5 Å². The molecule has 1 saturated carbocycles. The molecule has 146 valence electrons. The molecule has 27 heavy (non-hydrogen) atoms. The van der Waals surface area contributed by atoms with Crippen LogP contribution in [0.25, 0.3) is 0 Å². The van der Waals surface area contributed by atoms with E-state index in [1.54, 1.807) is 14.2 Å². The zero-order valence-corrected chi connectivity index (χ0v) is 16.0. The molecule has 0 aliphatic heterocycles. The molecule has 0 spiro atoms. The zero-order valence-electron chi connectivity index (χ0n) is 16.0. The third kappa shape index (κ3) is 3.66. The Labute approximate surface area is 160 Å². The molecule has 2 aliphatic carbocycles. The number of allylic oxidation sites excluding steroid dienone is 1. The summed E-state index contributed by atoms with van der Waals surface area (Å²) in [5.41, 5.74) is 5.87. The molecule has 2 atom stereocenters. The predicted octanol–water partition coefficient (Wildman–Crippen LogP) is 2.45. The number of carbonyl (C=O) groups is 2. The van der Waals surface area contributed by atoms with Crippen molar-refractivity contribution >= 4 is 11.8 Å². The minimum atomic E-state index is -0.608. The topological polar surface area (TPSA) is 90.6 Å². The summed E-state index contributed by atoms with van der Waals surface area (Å²) in [6.45, 7) is 0. The van der Waals surface area contributed by atoms with Crippen LogP contribution >= 0.6 is 0 Å². The summed E-state index contributed by atoms with van der Waals surface area (Å²) < 4.78 is 10.8. The Morgan fingerprint density at radius 1 is 1.07 bits per heavy atom. The lowest BCUT2D eigenvalue weighted by atomic mass is 9.77. The molecule has 0 saturated heterocycles. The van der Waals surface area contributed by atoms with Gasteiger partial charge >= 0.3 is 0 Å². The molecule has 0 radical (unpaired) electrons. The molecule has 2 aliphatic rings. The van der Waals surface area contributed by atoms with E-state index in [-0.39, 0.29) is 23.8 Å². The van der Waals surface area contributed by atoms with Crippen molar-refractivity contribution in [2.75, 3.05) is 14.2 Å². The average Bonchev–Trinajstić information content (AvgIpc) is 3.19. The molecular weight excluding hydrogens is 344 g/mol. The van der Waals surface area contributed by atoms with Gasteiger partial charge in [0.05, 0.1) is 25.6 Å². The van der Waals surface area contributed by atoms with Gasteiger partial charge in [-0.3, -0.25) is 9.59 Å². The molecule has 0 unspecified atom stereocenters. The Kier molecular flexibility index (Phi) is 5.73. The second-order valence-corrected chi connectivity index (χ2v) is 7.39. The van der Waals surface area contributed by atoms with Gasteiger partial charge in [0.2, 0.25) is 11.8 Å². The number of ether oxygens (including phenoxy) is 2. The van der Waals surface area contributed by atoms with Crippen LogP contribution in [0.1, 0.15) is 44.1 Å². The van der Waals surface area contributed by atoms with Crippen LogP contribution in [0, 0.1) is 5.92 Å². The van der Waals surface area contributed by atoms with Crippen molar-refractivity contribution in [3.05, 3.63) is 35.9 Å². The standard InChI is InChI=1S/C21H28N2O4/c1-26-17-10-9-14(13-18(17)27-2)21(11-5-6-12-21)20(25)23-16-8-4-3-7-15(16)19(22)24/h3-4,9-10,13,15-16H,5-8,11-12H2,1-2H3,(H2,22,24)(H,23,25)/t15-,16-/m1/s1. The van der Waals surface area contributed by atoms with Crippen LogP contribution in [0.4, 0.5) is 0 Å². The molecule has 1 aromatic rings. The molecule has 0 bridgehead atoms. The fourth-order valence-corrected chi connectivity index (χ4v) is 4.35. The van der Waals surface area contributed by atoms with E-state index in [1.165, 1.54) is 0 Å². The number of hydrogen-bond acceptors (Lipinski definition) is 4. The quantitative estimate of drug-likeness (QED) is 0.751. The summed E-state index contributed by atoms with van der Waals surface area (Å²) in [7, 11) is 3.19. The molecule has 3 rings (SSSR count). The third-order valence-corrected chi connectivity index (χ3v) is 5.94. The summed E-state index contributed by atoms with van der Waals surface area (Å²) in [6.07, 6.45) is 8.69. The van der Waals surface area contributed by atoms with E-state index in [0.717, 1.165) is 31.2 Å². The average molecular weight is 372 g/mol. The maximum atomic E-state index is 13.4. The van der Waals surface area contributed by atoms with Gasteiger partial charge in [0.15, 0.2) is 11.5 Å². The fourth-order valence-electron chi connectivity index (χ4n) is 4.35. The summed E-state index contributed by atoms with van der Waals surface area (Å²) in [5, 5.41) is 3.13. The van der Waals surface area contributed by atoms with Crippen molar-refractivity contribution in [2.45, 2.75) is 50.0 Å². The number of amides is 2. The molecule has 1 aromatic carbocycles. The third-order valence-electron chi connectivity index (χ3n) is 5.94. The highest BCUT2D eigenvalue weighted by atomic mass is 16.5. The lowest BCUT2D eigenvalue weighted by Gasteiger charge is -2.34. The summed E-state index contributed by atoms with van der Waals surface area (Å²) >= 11 is 0. The van der Waals surface area contributed by atoms with Gasteiger partial charge in [0, 0.05) is 6.04 Å². The van der Waals surface area contributed by atoms with Gasteiger partial charge in [0.1, 0.15) is 0 Å².